The van der Waals surface area contributed by atoms with Crippen molar-refractivity contribution in [2.24, 2.45) is 0 Å². The average Bonchev–Trinajstić information content (AvgIpc) is 3.10. The van der Waals surface area contributed by atoms with Crippen LogP contribution in [0.2, 0.25) is 0 Å². The molecule has 0 bridgehead atoms. The van der Waals surface area contributed by atoms with Crippen LogP contribution in [0.3, 0.4) is 0 Å². The van der Waals surface area contributed by atoms with Crippen LogP contribution in [-0.4, -0.2) is 32.4 Å². The summed E-state index contributed by atoms with van der Waals surface area (Å²) in [5.41, 5.74) is 1.55. The normalized spacial score (nSPS) is 14.7. The zero-order chi connectivity index (χ0) is 19.4. The van der Waals surface area contributed by atoms with Crippen LogP contribution in [-0.2, 0) is 11.3 Å². The van der Waals surface area contributed by atoms with Gasteiger partial charge in [-0.2, -0.15) is 8.78 Å². The summed E-state index contributed by atoms with van der Waals surface area (Å²) in [6.45, 7) is -0.280. The Bertz CT molecular complexity index is 799. The van der Waals surface area contributed by atoms with Gasteiger partial charge in [0.2, 0.25) is 6.79 Å². The van der Waals surface area contributed by atoms with Crippen molar-refractivity contribution in [3.05, 3.63) is 48.0 Å². The first kappa shape index (κ1) is 18.9. The minimum absolute atomic E-state index is 0.111. The van der Waals surface area contributed by atoms with Gasteiger partial charge in [-0.3, -0.25) is 4.79 Å². The van der Waals surface area contributed by atoms with E-state index < -0.39 is 6.61 Å². The quantitative estimate of drug-likeness (QED) is 0.773. The first-order chi connectivity index (χ1) is 12.9. The van der Waals surface area contributed by atoms with Gasteiger partial charge in [0.15, 0.2) is 17.5 Å². The lowest BCUT2D eigenvalue weighted by molar-refractivity contribution is -0.907. The molecule has 2 aromatic rings. The van der Waals surface area contributed by atoms with Crippen molar-refractivity contribution in [2.75, 3.05) is 19.2 Å². The average molecular weight is 379 g/mol. The minimum atomic E-state index is -2.84. The molecular formula is C19H21F2N2O4+. The molecule has 2 atom stereocenters. The summed E-state index contributed by atoms with van der Waals surface area (Å²) in [4.78, 5) is 13.5. The van der Waals surface area contributed by atoms with E-state index in [1.165, 1.54) is 12.1 Å². The maximum absolute atomic E-state index is 12.5. The number of likely N-dealkylation sites (N-methyl/N-ethyl adjacent to an activating group) is 1. The second-order valence-corrected chi connectivity index (χ2v) is 6.32. The van der Waals surface area contributed by atoms with E-state index in [2.05, 4.69) is 10.1 Å². The highest BCUT2D eigenvalue weighted by Gasteiger charge is 2.23. The minimum Gasteiger partial charge on any atom is -0.454 e. The van der Waals surface area contributed by atoms with Crippen LogP contribution in [0.1, 0.15) is 12.5 Å². The molecular weight excluding hydrogens is 358 g/mol. The molecule has 27 heavy (non-hydrogen) atoms. The highest BCUT2D eigenvalue weighted by Crippen LogP contribution is 2.34. The Labute approximate surface area is 155 Å². The third-order valence-corrected chi connectivity index (χ3v) is 4.40. The lowest BCUT2D eigenvalue weighted by atomic mass is 10.1. The van der Waals surface area contributed by atoms with Crippen LogP contribution < -0.4 is 24.4 Å². The number of benzene rings is 2. The van der Waals surface area contributed by atoms with Crippen LogP contribution in [0.15, 0.2) is 42.5 Å². The molecule has 0 saturated heterocycles. The molecule has 1 unspecified atom stereocenters. The summed E-state index contributed by atoms with van der Waals surface area (Å²) in [6.07, 6.45) is 0. The number of halogens is 2. The summed E-state index contributed by atoms with van der Waals surface area (Å²) >= 11 is 0. The number of nitrogens with one attached hydrogen (secondary N) is 2. The lowest BCUT2D eigenvalue weighted by Crippen LogP contribution is -3.12. The molecule has 1 heterocycles. The summed E-state index contributed by atoms with van der Waals surface area (Å²) < 4.78 is 39.3. The molecule has 2 N–H and O–H groups in total. The fourth-order valence-electron chi connectivity index (χ4n) is 2.71. The topological polar surface area (TPSA) is 61.2 Å². The molecule has 144 valence electrons. The highest BCUT2D eigenvalue weighted by atomic mass is 19.3. The van der Waals surface area contributed by atoms with E-state index in [1.807, 2.05) is 14.0 Å². The van der Waals surface area contributed by atoms with Crippen molar-refractivity contribution in [3.63, 3.8) is 0 Å². The summed E-state index contributed by atoms with van der Waals surface area (Å²) in [6, 6.07) is 11.3. The van der Waals surface area contributed by atoms with Gasteiger partial charge in [0.1, 0.15) is 12.3 Å². The Morgan fingerprint density at radius 1 is 1.19 bits per heavy atom. The van der Waals surface area contributed by atoms with Crippen LogP contribution in [0.25, 0.3) is 0 Å². The third-order valence-electron chi connectivity index (χ3n) is 4.40. The Morgan fingerprint density at radius 3 is 2.59 bits per heavy atom. The van der Waals surface area contributed by atoms with Gasteiger partial charge in [-0.25, -0.2) is 0 Å². The van der Waals surface area contributed by atoms with E-state index in [1.54, 1.807) is 30.3 Å². The van der Waals surface area contributed by atoms with Gasteiger partial charge in [0.05, 0.1) is 7.05 Å². The van der Waals surface area contributed by atoms with Crippen molar-refractivity contribution in [1.29, 1.82) is 0 Å². The van der Waals surface area contributed by atoms with Crippen molar-refractivity contribution < 1.29 is 32.7 Å². The number of carbonyl (C=O) groups excluding carboxylic acids is 1. The molecule has 0 aromatic heterocycles. The lowest BCUT2D eigenvalue weighted by Gasteiger charge is -2.21. The maximum atomic E-state index is 12.5. The predicted octanol–water partition coefficient (Wildman–Crippen LogP) is 2.06. The van der Waals surface area contributed by atoms with Gasteiger partial charge in [-0.1, -0.05) is 0 Å². The molecule has 8 heteroatoms. The van der Waals surface area contributed by atoms with E-state index in [-0.39, 0.29) is 24.5 Å². The molecule has 0 fully saturated rings. The first-order valence-corrected chi connectivity index (χ1v) is 8.49. The van der Waals surface area contributed by atoms with Gasteiger partial charge in [0.25, 0.3) is 5.91 Å². The Hall–Kier alpha value is -2.87. The Balaban J connectivity index is 1.56. The number of carbonyl (C=O) groups is 1. The molecule has 0 spiro atoms. The number of amides is 1. The van der Waals surface area contributed by atoms with Crippen molar-refractivity contribution in [2.45, 2.75) is 26.1 Å². The molecule has 0 saturated carbocycles. The summed E-state index contributed by atoms with van der Waals surface area (Å²) in [5, 5.41) is 2.87. The van der Waals surface area contributed by atoms with Crippen LogP contribution in [0.4, 0.5) is 14.5 Å². The predicted molar refractivity (Wildman–Crippen MR) is 94.3 cm³/mol. The standard InChI is InChI=1S/C19H20F2N2O4/c1-12(18(24)22-14-5-8-16-17(9-14)26-11-25-16)23(2)10-13-3-6-15(7-4-13)27-19(20)21/h3-9,12,19H,10-11H2,1-2H3,(H,22,24)/p+1/t12-/m1/s1. The van der Waals surface area contributed by atoms with E-state index in [4.69, 9.17) is 9.47 Å². The molecule has 2 aromatic carbocycles. The molecule has 6 nitrogen and oxygen atoms in total. The second-order valence-electron chi connectivity index (χ2n) is 6.32. The van der Waals surface area contributed by atoms with Crippen LogP contribution in [0, 0.1) is 0 Å². The fourth-order valence-corrected chi connectivity index (χ4v) is 2.71. The maximum Gasteiger partial charge on any atom is 0.387 e. The van der Waals surface area contributed by atoms with Gasteiger partial charge in [-0.15, -0.1) is 0 Å². The molecule has 0 aliphatic carbocycles. The molecule has 3 rings (SSSR count). The van der Waals surface area contributed by atoms with E-state index in [0.717, 1.165) is 10.5 Å². The zero-order valence-corrected chi connectivity index (χ0v) is 15.0. The number of alkyl halides is 2. The Morgan fingerprint density at radius 2 is 1.89 bits per heavy atom. The van der Waals surface area contributed by atoms with Gasteiger partial charge < -0.3 is 24.4 Å². The molecule has 0 radical (unpaired) electrons. The Kier molecular flexibility index (Phi) is 5.75. The van der Waals surface area contributed by atoms with Crippen LogP contribution in [0.5, 0.6) is 17.2 Å². The monoisotopic (exact) mass is 379 g/mol. The highest BCUT2D eigenvalue weighted by molar-refractivity contribution is 5.93. The molecule has 1 amide bonds. The van der Waals surface area contributed by atoms with E-state index >= 15 is 0 Å². The van der Waals surface area contributed by atoms with Gasteiger partial charge >= 0.3 is 6.61 Å². The van der Waals surface area contributed by atoms with E-state index in [0.29, 0.717) is 23.7 Å². The number of hydrogen-bond donors (Lipinski definition) is 2. The third kappa shape index (κ3) is 4.85. The van der Waals surface area contributed by atoms with Gasteiger partial charge in [-0.05, 0) is 43.3 Å². The van der Waals surface area contributed by atoms with Crippen LogP contribution >= 0.6 is 0 Å². The van der Waals surface area contributed by atoms with E-state index in [9.17, 15) is 13.6 Å². The number of anilines is 1. The zero-order valence-electron chi connectivity index (χ0n) is 15.0. The number of ether oxygens (including phenoxy) is 3. The van der Waals surface area contributed by atoms with Crippen molar-refractivity contribution >= 4 is 11.6 Å². The number of fused-ring (bicyclic) bond motifs is 1. The second kappa shape index (κ2) is 8.22. The summed E-state index contributed by atoms with van der Waals surface area (Å²) in [7, 11) is 1.90. The fraction of sp³-hybridized carbons (Fsp3) is 0.316. The first-order valence-electron chi connectivity index (χ1n) is 8.49. The number of quaternary nitrogens is 1. The summed E-state index contributed by atoms with van der Waals surface area (Å²) in [5.74, 6) is 1.24. The van der Waals surface area contributed by atoms with Gasteiger partial charge in [0, 0.05) is 17.3 Å². The SMILES string of the molecule is C[C@H](C(=O)Nc1ccc2c(c1)OCO2)[NH+](C)Cc1ccc(OC(F)F)cc1. The largest absolute Gasteiger partial charge is 0.454 e. The van der Waals surface area contributed by atoms with Crippen molar-refractivity contribution in [3.8, 4) is 17.2 Å². The number of hydrogen-bond acceptors (Lipinski definition) is 4. The molecule has 1 aliphatic rings. The van der Waals surface area contributed by atoms with Crippen molar-refractivity contribution in [1.82, 2.24) is 0 Å². The number of rotatable bonds is 7. The molecule has 1 aliphatic heterocycles. The smallest absolute Gasteiger partial charge is 0.387 e.